The van der Waals surface area contributed by atoms with Crippen molar-refractivity contribution in [2.75, 3.05) is 27.3 Å². The van der Waals surface area contributed by atoms with E-state index in [0.717, 1.165) is 64.7 Å². The van der Waals surface area contributed by atoms with Gasteiger partial charge in [0.25, 0.3) is 11.8 Å². The molecule has 63 heavy (non-hydrogen) atoms. The van der Waals surface area contributed by atoms with Crippen LogP contribution in [-0.4, -0.2) is 81.0 Å². The number of H-pyrrole nitrogens is 2. The summed E-state index contributed by atoms with van der Waals surface area (Å²) in [5.74, 6) is 1.62. The van der Waals surface area contributed by atoms with Crippen LogP contribution in [0, 0.1) is 0 Å². The number of alkyl carbamates (subject to hydrolysis) is 2. The number of rotatable bonds is 11. The molecule has 0 spiro atoms. The molecule has 320 valence electrons. The van der Waals surface area contributed by atoms with E-state index in [1.165, 1.54) is 14.2 Å². The summed E-state index contributed by atoms with van der Waals surface area (Å²) in [4.78, 5) is 72.3. The predicted molar refractivity (Wildman–Crippen MR) is 234 cm³/mol. The topological polar surface area (TPSA) is 188 Å². The number of ether oxygens (including phenoxy) is 2. The molecule has 15 nitrogen and oxygen atoms in total. The van der Waals surface area contributed by atoms with Gasteiger partial charge in [-0.25, -0.2) is 19.6 Å². The van der Waals surface area contributed by atoms with Crippen molar-refractivity contribution in [1.82, 2.24) is 40.4 Å². The maximum absolute atomic E-state index is 14.0. The number of aromatic nitrogens is 4. The second-order valence-electron chi connectivity index (χ2n) is 15.6. The molecular weight excluding hydrogens is 801 g/mol. The van der Waals surface area contributed by atoms with Crippen molar-refractivity contribution < 1.29 is 33.1 Å². The van der Waals surface area contributed by atoms with Gasteiger partial charge in [-0.15, -0.1) is 0 Å². The summed E-state index contributed by atoms with van der Waals surface area (Å²) in [6, 6.07) is 31.9. The van der Waals surface area contributed by atoms with Crippen LogP contribution in [0.5, 0.6) is 0 Å². The highest BCUT2D eigenvalue weighted by molar-refractivity contribution is 5.89. The number of benzene rings is 4. The number of carbonyl (C=O) groups is 4. The molecule has 4 atom stereocenters. The van der Waals surface area contributed by atoms with Gasteiger partial charge in [-0.1, -0.05) is 84.9 Å². The van der Waals surface area contributed by atoms with Gasteiger partial charge in [0.1, 0.15) is 35.1 Å². The standard InChI is InChI=1S/C48H46N8O7/c1-61-47(59)53-41(31-11-5-3-6-12-31)45(57)55-23-9-15-37(55)43-49-27-35(51-43)29-17-19-30(20-18-29)40-26-34-25-33(21-22-39(34)63-40)36-28-50-44(52-36)38-16-10-24-56(38)46(58)42(54-48(60)62-2)32-13-7-4-8-14-32/h3-8,11-14,17-22,25-28,37-38,41-42H,9-10,15-16,23-24H2,1-2H3,(H,49,51)(H,50,52)(H,53,59)(H,54,60)/t37-,38-,41?,42+/m0/s1. The molecule has 0 radical (unpaired) electrons. The normalized spacial score (nSPS) is 17.0. The molecule has 2 fully saturated rings. The quantitative estimate of drug-likeness (QED) is 0.0992. The fraction of sp³-hybridized carbons (Fsp3) is 0.250. The molecule has 2 aliphatic rings. The molecule has 4 amide bonds. The van der Waals surface area contributed by atoms with E-state index in [1.807, 2.05) is 109 Å². The fourth-order valence-corrected chi connectivity index (χ4v) is 8.65. The Bertz CT molecular complexity index is 2750. The Morgan fingerprint density at radius 3 is 1.62 bits per heavy atom. The zero-order chi connectivity index (χ0) is 43.5. The average Bonchev–Trinajstić information content (AvgIpc) is 4.19. The van der Waals surface area contributed by atoms with Crippen molar-refractivity contribution in [1.29, 1.82) is 0 Å². The molecule has 0 bridgehead atoms. The first-order valence-corrected chi connectivity index (χ1v) is 20.9. The third kappa shape index (κ3) is 8.37. The van der Waals surface area contributed by atoms with Crippen LogP contribution in [0.4, 0.5) is 9.59 Å². The Morgan fingerprint density at radius 2 is 1.11 bits per heavy atom. The van der Waals surface area contributed by atoms with E-state index in [0.29, 0.717) is 41.6 Å². The summed E-state index contributed by atoms with van der Waals surface area (Å²) < 4.78 is 16.0. The molecule has 2 aliphatic heterocycles. The fourth-order valence-electron chi connectivity index (χ4n) is 8.65. The zero-order valence-corrected chi connectivity index (χ0v) is 34.7. The van der Waals surface area contributed by atoms with E-state index < -0.39 is 24.3 Å². The van der Waals surface area contributed by atoms with E-state index >= 15 is 0 Å². The Kier molecular flexibility index (Phi) is 11.5. The number of furan rings is 1. The Labute approximate surface area is 362 Å². The van der Waals surface area contributed by atoms with Crippen molar-refractivity contribution >= 4 is 35.0 Å². The third-order valence-corrected chi connectivity index (χ3v) is 11.9. The van der Waals surface area contributed by atoms with Gasteiger partial charge in [-0.3, -0.25) is 9.59 Å². The monoisotopic (exact) mass is 846 g/mol. The summed E-state index contributed by atoms with van der Waals surface area (Å²) in [6.07, 6.45) is 5.28. The van der Waals surface area contributed by atoms with E-state index in [-0.39, 0.29) is 23.9 Å². The predicted octanol–water partition coefficient (Wildman–Crippen LogP) is 8.40. The highest BCUT2D eigenvalue weighted by Crippen LogP contribution is 2.37. The summed E-state index contributed by atoms with van der Waals surface area (Å²) in [6.45, 7) is 1.08. The number of likely N-dealkylation sites (tertiary alicyclic amines) is 2. The lowest BCUT2D eigenvalue weighted by atomic mass is 10.0. The lowest BCUT2D eigenvalue weighted by Crippen LogP contribution is -2.42. The Morgan fingerprint density at radius 1 is 0.635 bits per heavy atom. The molecule has 15 heteroatoms. The molecule has 0 saturated carbocycles. The molecule has 1 unspecified atom stereocenters. The smallest absolute Gasteiger partial charge is 0.407 e. The van der Waals surface area contributed by atoms with Gasteiger partial charge in [0.2, 0.25) is 0 Å². The number of fused-ring (bicyclic) bond motifs is 1. The number of nitrogens with one attached hydrogen (secondary N) is 4. The summed E-state index contributed by atoms with van der Waals surface area (Å²) in [7, 11) is 2.55. The first-order chi connectivity index (χ1) is 30.8. The van der Waals surface area contributed by atoms with Crippen LogP contribution in [0.3, 0.4) is 0 Å². The number of imidazole rings is 2. The molecule has 3 aromatic heterocycles. The number of aromatic amines is 2. The third-order valence-electron chi connectivity index (χ3n) is 11.9. The second kappa shape index (κ2) is 17.7. The van der Waals surface area contributed by atoms with Gasteiger partial charge < -0.3 is 44.3 Å². The summed E-state index contributed by atoms with van der Waals surface area (Å²) in [5.41, 5.74) is 6.45. The van der Waals surface area contributed by atoms with Crippen molar-refractivity contribution in [2.24, 2.45) is 0 Å². The van der Waals surface area contributed by atoms with Crippen LogP contribution in [0.15, 0.2) is 126 Å². The molecular formula is C48H46N8O7. The van der Waals surface area contributed by atoms with Crippen LogP contribution in [0.1, 0.15) is 72.6 Å². The van der Waals surface area contributed by atoms with Crippen LogP contribution < -0.4 is 10.6 Å². The van der Waals surface area contributed by atoms with Gasteiger partial charge in [0.05, 0.1) is 50.1 Å². The van der Waals surface area contributed by atoms with Crippen molar-refractivity contribution in [2.45, 2.75) is 49.9 Å². The molecule has 0 aliphatic carbocycles. The number of hydrogen-bond acceptors (Lipinski definition) is 9. The highest BCUT2D eigenvalue weighted by atomic mass is 16.5. The zero-order valence-electron chi connectivity index (χ0n) is 34.7. The maximum atomic E-state index is 14.0. The number of amides is 4. The lowest BCUT2D eigenvalue weighted by molar-refractivity contribution is -0.135. The number of methoxy groups -OCH3 is 2. The Balaban J connectivity index is 0.884. The molecule has 4 aromatic carbocycles. The largest absolute Gasteiger partial charge is 0.456 e. The minimum absolute atomic E-state index is 0.224. The SMILES string of the molecule is COC(=O)NC(C(=O)N1CCC[C@H]1c1ncc(-c2ccc(-c3cc4cc(-c5cnc([C@@H]6CCCN6C(=O)[C@H](NC(=O)OC)c6ccccc6)[nH]5)ccc4o3)cc2)[nH]1)c1ccccc1. The van der Waals surface area contributed by atoms with Gasteiger partial charge in [-0.05, 0) is 66.6 Å². The highest BCUT2D eigenvalue weighted by Gasteiger charge is 2.38. The van der Waals surface area contributed by atoms with Gasteiger partial charge in [0, 0.05) is 29.6 Å². The van der Waals surface area contributed by atoms with Gasteiger partial charge >= 0.3 is 12.2 Å². The van der Waals surface area contributed by atoms with E-state index in [9.17, 15) is 19.2 Å². The van der Waals surface area contributed by atoms with Crippen LogP contribution in [-0.2, 0) is 19.1 Å². The number of hydrogen-bond donors (Lipinski definition) is 4. The van der Waals surface area contributed by atoms with Crippen molar-refractivity contribution in [3.8, 4) is 33.8 Å². The van der Waals surface area contributed by atoms with Gasteiger partial charge in [0.15, 0.2) is 0 Å². The second-order valence-corrected chi connectivity index (χ2v) is 15.6. The summed E-state index contributed by atoms with van der Waals surface area (Å²) in [5, 5.41) is 6.34. The number of nitrogens with zero attached hydrogens (tertiary/aromatic N) is 4. The number of carbonyl (C=O) groups excluding carboxylic acids is 4. The van der Waals surface area contributed by atoms with Gasteiger partial charge in [-0.2, -0.15) is 0 Å². The van der Waals surface area contributed by atoms with Crippen LogP contribution in [0.2, 0.25) is 0 Å². The molecule has 4 N–H and O–H groups in total. The lowest BCUT2D eigenvalue weighted by Gasteiger charge is -2.28. The van der Waals surface area contributed by atoms with Crippen molar-refractivity contribution in [3.05, 3.63) is 144 Å². The van der Waals surface area contributed by atoms with Crippen molar-refractivity contribution in [3.63, 3.8) is 0 Å². The average molecular weight is 847 g/mol. The molecule has 9 rings (SSSR count). The maximum Gasteiger partial charge on any atom is 0.407 e. The first-order valence-electron chi connectivity index (χ1n) is 20.9. The van der Waals surface area contributed by atoms with Crippen LogP contribution >= 0.6 is 0 Å². The summed E-state index contributed by atoms with van der Waals surface area (Å²) >= 11 is 0. The van der Waals surface area contributed by atoms with E-state index in [4.69, 9.17) is 23.9 Å². The minimum Gasteiger partial charge on any atom is -0.456 e. The minimum atomic E-state index is -0.897. The van der Waals surface area contributed by atoms with Crippen LogP contribution in [0.25, 0.3) is 44.8 Å². The first kappa shape index (κ1) is 40.7. The van der Waals surface area contributed by atoms with E-state index in [1.54, 1.807) is 22.2 Å². The molecule has 2 saturated heterocycles. The molecule has 5 heterocycles. The Hall–Kier alpha value is -7.68. The van der Waals surface area contributed by atoms with E-state index in [2.05, 4.69) is 20.6 Å². The molecule has 7 aromatic rings.